The van der Waals surface area contributed by atoms with Crippen molar-refractivity contribution >= 4 is 5.78 Å². The van der Waals surface area contributed by atoms with Gasteiger partial charge in [-0.05, 0) is 26.0 Å². The molecule has 0 heterocycles. The van der Waals surface area contributed by atoms with Gasteiger partial charge in [0.25, 0.3) is 0 Å². The summed E-state index contributed by atoms with van der Waals surface area (Å²) in [4.78, 5) is 11.8. The zero-order valence-corrected chi connectivity index (χ0v) is 10.0. The third-order valence-corrected chi connectivity index (χ3v) is 2.03. The number of alkyl halides is 3. The summed E-state index contributed by atoms with van der Waals surface area (Å²) in [6, 6.07) is 5.23. The maximum absolute atomic E-state index is 12.2. The largest absolute Gasteiger partial charge is 0.573 e. The average molecular weight is 261 g/mol. The molecular formula is C12H14F3NO2. The van der Waals surface area contributed by atoms with Gasteiger partial charge in [0.1, 0.15) is 5.75 Å². The molecule has 0 saturated carbocycles. The Hall–Kier alpha value is -1.56. The summed E-state index contributed by atoms with van der Waals surface area (Å²) in [5.74, 6) is -0.985. The molecule has 1 rings (SSSR count). The number of benzene rings is 1. The molecule has 0 aliphatic rings. The molecule has 18 heavy (non-hydrogen) atoms. The number of hydrogen-bond acceptors (Lipinski definition) is 3. The quantitative estimate of drug-likeness (QED) is 0.848. The van der Waals surface area contributed by atoms with Gasteiger partial charge in [0.2, 0.25) is 0 Å². The van der Waals surface area contributed by atoms with Gasteiger partial charge >= 0.3 is 6.36 Å². The molecule has 0 bridgehead atoms. The van der Waals surface area contributed by atoms with Gasteiger partial charge in [0.15, 0.2) is 5.78 Å². The Morgan fingerprint density at radius 3 is 2.33 bits per heavy atom. The maximum atomic E-state index is 12.2. The van der Waals surface area contributed by atoms with E-state index in [2.05, 4.69) is 4.74 Å². The highest BCUT2D eigenvalue weighted by Crippen LogP contribution is 2.27. The van der Waals surface area contributed by atoms with Gasteiger partial charge in [-0.1, -0.05) is 12.1 Å². The Kier molecular flexibility index (Phi) is 4.01. The number of nitrogens with two attached hydrogens (primary N) is 1. The van der Waals surface area contributed by atoms with Crippen molar-refractivity contribution in [3.05, 3.63) is 29.8 Å². The minimum atomic E-state index is -4.82. The molecule has 0 saturated heterocycles. The number of carbonyl (C=O) groups is 1. The number of hydrogen-bond donors (Lipinski definition) is 1. The predicted molar refractivity (Wildman–Crippen MR) is 60.3 cm³/mol. The molecule has 0 spiro atoms. The van der Waals surface area contributed by atoms with E-state index < -0.39 is 23.4 Å². The highest BCUT2D eigenvalue weighted by Gasteiger charge is 2.33. The van der Waals surface area contributed by atoms with Gasteiger partial charge in [-0.3, -0.25) is 4.79 Å². The fourth-order valence-electron chi connectivity index (χ4n) is 1.42. The molecule has 0 aliphatic carbocycles. The van der Waals surface area contributed by atoms with E-state index in [0.29, 0.717) is 0 Å². The molecule has 2 N–H and O–H groups in total. The summed E-state index contributed by atoms with van der Waals surface area (Å²) in [5.41, 5.74) is 4.76. The van der Waals surface area contributed by atoms with Crippen LogP contribution in [0.2, 0.25) is 0 Å². The minimum Gasteiger partial charge on any atom is -0.405 e. The van der Waals surface area contributed by atoms with E-state index in [1.807, 2.05) is 0 Å². The summed E-state index contributed by atoms with van der Waals surface area (Å²) in [7, 11) is 0. The van der Waals surface area contributed by atoms with E-state index in [-0.39, 0.29) is 12.0 Å². The lowest BCUT2D eigenvalue weighted by atomic mass is 9.95. The summed E-state index contributed by atoms with van der Waals surface area (Å²) >= 11 is 0. The van der Waals surface area contributed by atoms with Crippen LogP contribution >= 0.6 is 0 Å². The highest BCUT2D eigenvalue weighted by molar-refractivity contribution is 5.99. The predicted octanol–water partition coefficient (Wildman–Crippen LogP) is 2.90. The number of halogens is 3. The van der Waals surface area contributed by atoms with Gasteiger partial charge in [0, 0.05) is 12.0 Å². The first-order chi connectivity index (χ1) is 8.08. The Morgan fingerprint density at radius 1 is 1.28 bits per heavy atom. The third kappa shape index (κ3) is 4.75. The van der Waals surface area contributed by atoms with Crippen molar-refractivity contribution in [1.82, 2.24) is 0 Å². The Balaban J connectivity index is 2.99. The van der Waals surface area contributed by atoms with E-state index in [0.717, 1.165) is 6.07 Å². The van der Waals surface area contributed by atoms with E-state index >= 15 is 0 Å². The standard InChI is InChI=1S/C12H14F3NO2/c1-11(2,16)7-9(17)8-5-3-4-6-10(8)18-12(13,14)15/h3-6H,7,16H2,1-2H3. The molecule has 0 amide bonds. The van der Waals surface area contributed by atoms with E-state index in [9.17, 15) is 18.0 Å². The SMILES string of the molecule is CC(C)(N)CC(=O)c1ccccc1OC(F)(F)F. The summed E-state index contributed by atoms with van der Waals surface area (Å²) in [6.45, 7) is 3.25. The van der Waals surface area contributed by atoms with E-state index in [1.54, 1.807) is 13.8 Å². The topological polar surface area (TPSA) is 52.3 Å². The maximum Gasteiger partial charge on any atom is 0.573 e. The lowest BCUT2D eigenvalue weighted by Crippen LogP contribution is -2.34. The fourth-order valence-corrected chi connectivity index (χ4v) is 1.42. The van der Waals surface area contributed by atoms with Crippen molar-refractivity contribution in [3.63, 3.8) is 0 Å². The lowest BCUT2D eigenvalue weighted by molar-refractivity contribution is -0.274. The third-order valence-electron chi connectivity index (χ3n) is 2.03. The Labute approximate surface area is 103 Å². The smallest absolute Gasteiger partial charge is 0.405 e. The second-order valence-corrected chi connectivity index (χ2v) is 4.63. The summed E-state index contributed by atoms with van der Waals surface area (Å²) in [5, 5.41) is 0. The molecule has 1 aromatic carbocycles. The Morgan fingerprint density at radius 2 is 1.83 bits per heavy atom. The first-order valence-corrected chi connectivity index (χ1v) is 5.25. The van der Waals surface area contributed by atoms with Crippen molar-refractivity contribution in [3.8, 4) is 5.75 Å². The molecule has 0 aliphatic heterocycles. The molecular weight excluding hydrogens is 247 g/mol. The average Bonchev–Trinajstić information content (AvgIpc) is 2.12. The van der Waals surface area contributed by atoms with Gasteiger partial charge in [-0.15, -0.1) is 13.2 Å². The van der Waals surface area contributed by atoms with Crippen molar-refractivity contribution < 1.29 is 22.7 Å². The summed E-state index contributed by atoms with van der Waals surface area (Å²) < 4.78 is 40.3. The molecule has 0 atom stereocenters. The first kappa shape index (κ1) is 14.5. The number of para-hydroxylation sites is 1. The van der Waals surface area contributed by atoms with Gasteiger partial charge in [-0.25, -0.2) is 0 Å². The van der Waals surface area contributed by atoms with Crippen LogP contribution in [-0.4, -0.2) is 17.7 Å². The van der Waals surface area contributed by atoms with Crippen LogP contribution < -0.4 is 10.5 Å². The second-order valence-electron chi connectivity index (χ2n) is 4.63. The van der Waals surface area contributed by atoms with Crippen LogP contribution in [0.1, 0.15) is 30.6 Å². The molecule has 1 aromatic rings. The number of Topliss-reactive ketones (excluding diaryl/α,β-unsaturated/α-hetero) is 1. The van der Waals surface area contributed by atoms with Crippen molar-refractivity contribution in [1.29, 1.82) is 0 Å². The van der Waals surface area contributed by atoms with Crippen molar-refractivity contribution in [2.45, 2.75) is 32.2 Å². The van der Waals surface area contributed by atoms with Crippen LogP contribution in [0.5, 0.6) is 5.75 Å². The van der Waals surface area contributed by atoms with Crippen molar-refractivity contribution in [2.24, 2.45) is 5.73 Å². The zero-order valence-electron chi connectivity index (χ0n) is 10.0. The molecule has 0 aromatic heterocycles. The van der Waals surface area contributed by atoms with Crippen LogP contribution in [0.25, 0.3) is 0 Å². The number of rotatable bonds is 4. The number of ether oxygens (including phenoxy) is 1. The molecule has 100 valence electrons. The lowest BCUT2D eigenvalue weighted by Gasteiger charge is -2.18. The van der Waals surface area contributed by atoms with Crippen LogP contribution in [0, 0.1) is 0 Å². The fraction of sp³-hybridized carbons (Fsp3) is 0.417. The van der Waals surface area contributed by atoms with E-state index in [4.69, 9.17) is 5.73 Å². The zero-order chi connectivity index (χ0) is 14.0. The van der Waals surface area contributed by atoms with Crippen LogP contribution in [0.3, 0.4) is 0 Å². The molecule has 6 heteroatoms. The van der Waals surface area contributed by atoms with Gasteiger partial charge in [-0.2, -0.15) is 0 Å². The number of carbonyl (C=O) groups excluding carboxylic acids is 1. The molecule has 0 radical (unpaired) electrons. The second kappa shape index (κ2) is 4.97. The summed E-state index contributed by atoms with van der Waals surface area (Å²) in [6.07, 6.45) is -4.89. The molecule has 3 nitrogen and oxygen atoms in total. The Bertz CT molecular complexity index is 436. The normalized spacial score (nSPS) is 12.3. The van der Waals surface area contributed by atoms with Crippen LogP contribution in [0.4, 0.5) is 13.2 Å². The molecule has 0 unspecified atom stereocenters. The van der Waals surface area contributed by atoms with Gasteiger partial charge in [0.05, 0.1) is 5.56 Å². The van der Waals surface area contributed by atoms with Gasteiger partial charge < -0.3 is 10.5 Å². The molecule has 0 fully saturated rings. The van der Waals surface area contributed by atoms with E-state index in [1.165, 1.54) is 18.2 Å². The van der Waals surface area contributed by atoms with Crippen LogP contribution in [-0.2, 0) is 0 Å². The minimum absolute atomic E-state index is 0.0643. The first-order valence-electron chi connectivity index (χ1n) is 5.25. The highest BCUT2D eigenvalue weighted by atomic mass is 19.4. The number of ketones is 1. The monoisotopic (exact) mass is 261 g/mol. The van der Waals surface area contributed by atoms with Crippen molar-refractivity contribution in [2.75, 3.05) is 0 Å². The van der Waals surface area contributed by atoms with Crippen LogP contribution in [0.15, 0.2) is 24.3 Å².